The van der Waals surface area contributed by atoms with Gasteiger partial charge in [0.2, 0.25) is 0 Å². The molecule has 0 saturated carbocycles. The van der Waals surface area contributed by atoms with Gasteiger partial charge in [-0.3, -0.25) is 4.90 Å². The largest absolute Gasteiger partial charge is 0.334 e. The standard InChI is InChI=1S/C15H19BrN4O/c1-10-9-12(3-4-13(10)16)15-18-14(19-21-15)11(2)20-7-5-17-6-8-20/h3-4,9,11,17H,5-8H2,1-2H3. The molecule has 1 N–H and O–H groups in total. The molecule has 6 heteroatoms. The summed E-state index contributed by atoms with van der Waals surface area (Å²) in [6.45, 7) is 8.24. The Bertz CT molecular complexity index is 622. The van der Waals surface area contributed by atoms with E-state index >= 15 is 0 Å². The molecule has 1 aliphatic rings. The van der Waals surface area contributed by atoms with Crippen molar-refractivity contribution < 1.29 is 4.52 Å². The molecule has 0 radical (unpaired) electrons. The van der Waals surface area contributed by atoms with Crippen molar-refractivity contribution in [3.8, 4) is 11.5 Å². The monoisotopic (exact) mass is 350 g/mol. The smallest absolute Gasteiger partial charge is 0.257 e. The van der Waals surface area contributed by atoms with E-state index in [4.69, 9.17) is 4.52 Å². The molecule has 2 aromatic rings. The zero-order valence-corrected chi connectivity index (χ0v) is 13.9. The summed E-state index contributed by atoms with van der Waals surface area (Å²) in [6.07, 6.45) is 0. The van der Waals surface area contributed by atoms with Crippen molar-refractivity contribution in [1.29, 1.82) is 0 Å². The number of benzene rings is 1. The minimum Gasteiger partial charge on any atom is -0.334 e. The molecule has 1 atom stereocenters. The van der Waals surface area contributed by atoms with E-state index in [2.05, 4.69) is 49.3 Å². The van der Waals surface area contributed by atoms with Gasteiger partial charge in [-0.1, -0.05) is 21.1 Å². The van der Waals surface area contributed by atoms with Crippen LogP contribution in [0.5, 0.6) is 0 Å². The van der Waals surface area contributed by atoms with Gasteiger partial charge in [0.1, 0.15) is 0 Å². The van der Waals surface area contributed by atoms with Gasteiger partial charge in [-0.25, -0.2) is 0 Å². The highest BCUT2D eigenvalue weighted by atomic mass is 79.9. The molecule has 112 valence electrons. The molecule has 21 heavy (non-hydrogen) atoms. The average Bonchev–Trinajstić information content (AvgIpc) is 3.00. The van der Waals surface area contributed by atoms with E-state index in [0.717, 1.165) is 47.6 Å². The number of hydrogen-bond donors (Lipinski definition) is 1. The maximum atomic E-state index is 5.44. The molecule has 1 fully saturated rings. The van der Waals surface area contributed by atoms with Gasteiger partial charge in [0, 0.05) is 36.2 Å². The van der Waals surface area contributed by atoms with Gasteiger partial charge >= 0.3 is 0 Å². The fourth-order valence-electron chi connectivity index (χ4n) is 2.53. The van der Waals surface area contributed by atoms with Gasteiger partial charge in [0.25, 0.3) is 5.89 Å². The SMILES string of the molecule is Cc1cc(-c2nc(C(C)N3CCNCC3)no2)ccc1Br. The molecule has 0 aliphatic carbocycles. The van der Waals surface area contributed by atoms with E-state index in [1.807, 2.05) is 19.1 Å². The summed E-state index contributed by atoms with van der Waals surface area (Å²) in [4.78, 5) is 6.94. The molecular weight excluding hydrogens is 332 g/mol. The number of hydrogen-bond acceptors (Lipinski definition) is 5. The van der Waals surface area contributed by atoms with Crippen molar-refractivity contribution in [2.75, 3.05) is 26.2 Å². The molecule has 1 saturated heterocycles. The van der Waals surface area contributed by atoms with Crippen LogP contribution in [0.15, 0.2) is 27.2 Å². The number of rotatable bonds is 3. The Kier molecular flexibility index (Phi) is 4.37. The topological polar surface area (TPSA) is 54.2 Å². The van der Waals surface area contributed by atoms with E-state index in [1.165, 1.54) is 0 Å². The third-order valence-electron chi connectivity index (χ3n) is 3.92. The van der Waals surface area contributed by atoms with E-state index < -0.39 is 0 Å². The number of aryl methyl sites for hydroxylation is 1. The molecule has 0 spiro atoms. The fraction of sp³-hybridized carbons (Fsp3) is 0.467. The predicted octanol–water partition coefficient (Wildman–Crippen LogP) is 2.77. The number of piperazine rings is 1. The molecule has 2 heterocycles. The quantitative estimate of drug-likeness (QED) is 0.922. The Labute approximate surface area is 132 Å². The van der Waals surface area contributed by atoms with Crippen molar-refractivity contribution in [3.63, 3.8) is 0 Å². The first kappa shape index (κ1) is 14.7. The average molecular weight is 351 g/mol. The van der Waals surface area contributed by atoms with Crippen LogP contribution in [0, 0.1) is 6.92 Å². The predicted molar refractivity (Wildman–Crippen MR) is 85.0 cm³/mol. The normalized spacial score (nSPS) is 17.9. The highest BCUT2D eigenvalue weighted by Crippen LogP contribution is 2.26. The van der Waals surface area contributed by atoms with Gasteiger partial charge in [0.05, 0.1) is 6.04 Å². The third-order valence-corrected chi connectivity index (χ3v) is 4.81. The third kappa shape index (κ3) is 3.17. The zero-order chi connectivity index (χ0) is 14.8. The lowest BCUT2D eigenvalue weighted by atomic mass is 10.1. The summed E-state index contributed by atoms with van der Waals surface area (Å²) >= 11 is 3.50. The van der Waals surface area contributed by atoms with Crippen molar-refractivity contribution in [1.82, 2.24) is 20.4 Å². The Balaban J connectivity index is 1.80. The van der Waals surface area contributed by atoms with E-state index in [-0.39, 0.29) is 6.04 Å². The van der Waals surface area contributed by atoms with Crippen LogP contribution < -0.4 is 5.32 Å². The van der Waals surface area contributed by atoms with Crippen molar-refractivity contribution >= 4 is 15.9 Å². The van der Waals surface area contributed by atoms with E-state index in [9.17, 15) is 0 Å². The highest BCUT2D eigenvalue weighted by Gasteiger charge is 2.22. The second kappa shape index (κ2) is 6.25. The van der Waals surface area contributed by atoms with Crippen molar-refractivity contribution in [2.24, 2.45) is 0 Å². The van der Waals surface area contributed by atoms with Gasteiger partial charge in [-0.15, -0.1) is 0 Å². The number of halogens is 1. The van der Waals surface area contributed by atoms with E-state index in [1.54, 1.807) is 0 Å². The molecular formula is C15H19BrN4O. The van der Waals surface area contributed by atoms with Gasteiger partial charge in [-0.05, 0) is 37.6 Å². The lowest BCUT2D eigenvalue weighted by molar-refractivity contribution is 0.176. The van der Waals surface area contributed by atoms with Crippen LogP contribution >= 0.6 is 15.9 Å². The van der Waals surface area contributed by atoms with Gasteiger partial charge in [-0.2, -0.15) is 4.98 Å². The van der Waals surface area contributed by atoms with Crippen LogP contribution in [0.25, 0.3) is 11.5 Å². The van der Waals surface area contributed by atoms with E-state index in [0.29, 0.717) is 5.89 Å². The lowest BCUT2D eigenvalue weighted by Crippen LogP contribution is -2.44. The van der Waals surface area contributed by atoms with Crippen LogP contribution in [0.4, 0.5) is 0 Å². The lowest BCUT2D eigenvalue weighted by Gasteiger charge is -2.30. The van der Waals surface area contributed by atoms with Crippen LogP contribution in [-0.4, -0.2) is 41.2 Å². The Morgan fingerprint density at radius 2 is 2.10 bits per heavy atom. The summed E-state index contributed by atoms with van der Waals surface area (Å²) in [7, 11) is 0. The Morgan fingerprint density at radius 1 is 1.33 bits per heavy atom. The first-order valence-corrected chi connectivity index (χ1v) is 7.99. The first-order chi connectivity index (χ1) is 10.1. The molecule has 0 amide bonds. The summed E-state index contributed by atoms with van der Waals surface area (Å²) in [5.41, 5.74) is 2.12. The molecule has 1 unspecified atom stereocenters. The maximum absolute atomic E-state index is 5.44. The Morgan fingerprint density at radius 3 is 2.81 bits per heavy atom. The molecule has 1 aliphatic heterocycles. The second-order valence-corrected chi connectivity index (χ2v) is 6.24. The van der Waals surface area contributed by atoms with Crippen LogP contribution in [0.3, 0.4) is 0 Å². The molecule has 3 rings (SSSR count). The number of aromatic nitrogens is 2. The number of nitrogens with one attached hydrogen (secondary N) is 1. The summed E-state index contributed by atoms with van der Waals surface area (Å²) in [5.74, 6) is 1.34. The highest BCUT2D eigenvalue weighted by molar-refractivity contribution is 9.10. The van der Waals surface area contributed by atoms with Crippen LogP contribution in [0.2, 0.25) is 0 Å². The van der Waals surface area contributed by atoms with Crippen LogP contribution in [-0.2, 0) is 0 Å². The Hall–Kier alpha value is -1.24. The second-order valence-electron chi connectivity index (χ2n) is 5.38. The molecule has 1 aromatic heterocycles. The maximum Gasteiger partial charge on any atom is 0.257 e. The minimum absolute atomic E-state index is 0.182. The zero-order valence-electron chi connectivity index (χ0n) is 12.3. The van der Waals surface area contributed by atoms with Crippen molar-refractivity contribution in [2.45, 2.75) is 19.9 Å². The fourth-order valence-corrected chi connectivity index (χ4v) is 2.78. The molecule has 5 nitrogen and oxygen atoms in total. The van der Waals surface area contributed by atoms with Crippen LogP contribution in [0.1, 0.15) is 24.4 Å². The van der Waals surface area contributed by atoms with Gasteiger partial charge in [0.15, 0.2) is 5.82 Å². The minimum atomic E-state index is 0.182. The van der Waals surface area contributed by atoms with Crippen molar-refractivity contribution in [3.05, 3.63) is 34.1 Å². The van der Waals surface area contributed by atoms with Gasteiger partial charge < -0.3 is 9.84 Å². The number of nitrogens with zero attached hydrogens (tertiary/aromatic N) is 3. The molecule has 0 bridgehead atoms. The summed E-state index contributed by atoms with van der Waals surface area (Å²) < 4.78 is 6.52. The molecule has 1 aromatic carbocycles. The first-order valence-electron chi connectivity index (χ1n) is 7.20. The summed E-state index contributed by atoms with van der Waals surface area (Å²) in [5, 5.41) is 7.51. The summed E-state index contributed by atoms with van der Waals surface area (Å²) in [6, 6.07) is 6.23.